The van der Waals surface area contributed by atoms with Gasteiger partial charge < -0.3 is 10.2 Å². The predicted octanol–water partition coefficient (Wildman–Crippen LogP) is 1.26. The summed E-state index contributed by atoms with van der Waals surface area (Å²) in [6.45, 7) is 8.35. The molecule has 5 heteroatoms. The molecule has 0 bridgehead atoms. The van der Waals surface area contributed by atoms with Crippen LogP contribution in [0.5, 0.6) is 0 Å². The van der Waals surface area contributed by atoms with Gasteiger partial charge in [0, 0.05) is 18.9 Å². The number of hydrogen-bond donors (Lipinski definition) is 1. The van der Waals surface area contributed by atoms with Crippen molar-refractivity contribution in [3.05, 3.63) is 29.6 Å². The summed E-state index contributed by atoms with van der Waals surface area (Å²) in [6.07, 6.45) is 3.51. The average Bonchev–Trinajstić information content (AvgIpc) is 2.32. The van der Waals surface area contributed by atoms with E-state index in [0.29, 0.717) is 6.54 Å². The van der Waals surface area contributed by atoms with Gasteiger partial charge in [-0.25, -0.2) is 0 Å². The summed E-state index contributed by atoms with van der Waals surface area (Å²) in [4.78, 5) is 30.0. The van der Waals surface area contributed by atoms with E-state index in [4.69, 9.17) is 0 Å². The Balaban J connectivity index is 2.18. The number of pyridine rings is 1. The molecule has 2 heterocycles. The number of amides is 2. The number of hydrogen-bond acceptors (Lipinski definition) is 3. The molecule has 0 radical (unpaired) electrons. The number of nitrogens with one attached hydrogen (secondary N) is 1. The van der Waals surface area contributed by atoms with Crippen molar-refractivity contribution in [2.45, 2.75) is 40.3 Å². The Hall–Kier alpha value is -1.91. The van der Waals surface area contributed by atoms with Gasteiger partial charge in [-0.2, -0.15) is 0 Å². The van der Waals surface area contributed by atoms with Crippen LogP contribution in [0.4, 0.5) is 0 Å². The summed E-state index contributed by atoms with van der Waals surface area (Å²) in [5, 5.41) is 2.79. The van der Waals surface area contributed by atoms with Crippen LogP contribution in [0.3, 0.4) is 0 Å². The van der Waals surface area contributed by atoms with E-state index in [0.717, 1.165) is 11.1 Å². The van der Waals surface area contributed by atoms with Gasteiger partial charge in [-0.3, -0.25) is 14.6 Å². The van der Waals surface area contributed by atoms with Crippen molar-refractivity contribution in [2.75, 3.05) is 6.54 Å². The van der Waals surface area contributed by atoms with Gasteiger partial charge in [0.1, 0.15) is 6.04 Å². The molecule has 1 fully saturated rings. The van der Waals surface area contributed by atoms with Crippen LogP contribution in [-0.2, 0) is 16.1 Å². The van der Waals surface area contributed by atoms with Gasteiger partial charge in [0.25, 0.3) is 0 Å². The van der Waals surface area contributed by atoms with Gasteiger partial charge in [0.05, 0.1) is 6.54 Å². The summed E-state index contributed by atoms with van der Waals surface area (Å²) in [6, 6.07) is 1.51. The molecule has 0 saturated carbocycles. The van der Waals surface area contributed by atoms with Crippen LogP contribution in [0.1, 0.15) is 31.9 Å². The maximum Gasteiger partial charge on any atom is 0.246 e. The molecule has 2 rings (SSSR count). The van der Waals surface area contributed by atoms with E-state index in [1.807, 2.05) is 33.8 Å². The minimum Gasteiger partial charge on any atom is -0.342 e. The lowest BCUT2D eigenvalue weighted by molar-refractivity contribution is -0.147. The lowest BCUT2D eigenvalue weighted by Gasteiger charge is -2.38. The van der Waals surface area contributed by atoms with Gasteiger partial charge in [-0.15, -0.1) is 0 Å². The lowest BCUT2D eigenvalue weighted by atomic mass is 9.84. The van der Waals surface area contributed by atoms with E-state index in [-0.39, 0.29) is 23.8 Å². The fourth-order valence-corrected chi connectivity index (χ4v) is 2.35. The lowest BCUT2D eigenvalue weighted by Crippen LogP contribution is -2.61. The van der Waals surface area contributed by atoms with E-state index in [1.165, 1.54) is 0 Å². The van der Waals surface area contributed by atoms with Crippen molar-refractivity contribution in [1.82, 2.24) is 15.2 Å². The molecule has 1 aromatic rings. The first-order valence-corrected chi connectivity index (χ1v) is 6.76. The molecule has 1 atom stereocenters. The Morgan fingerprint density at radius 2 is 2.05 bits per heavy atom. The third-order valence-corrected chi connectivity index (χ3v) is 3.37. The SMILES string of the molecule is Cc1cncc(CN2CC(=O)NC(C(C)(C)C)C2=O)c1. The van der Waals surface area contributed by atoms with Crippen molar-refractivity contribution < 1.29 is 9.59 Å². The van der Waals surface area contributed by atoms with Gasteiger partial charge >= 0.3 is 0 Å². The Kier molecular flexibility index (Phi) is 3.79. The highest BCUT2D eigenvalue weighted by Gasteiger charge is 2.39. The zero-order valence-corrected chi connectivity index (χ0v) is 12.4. The summed E-state index contributed by atoms with van der Waals surface area (Å²) < 4.78 is 0. The van der Waals surface area contributed by atoms with Crippen LogP contribution in [0.2, 0.25) is 0 Å². The highest BCUT2D eigenvalue weighted by molar-refractivity contribution is 5.95. The van der Waals surface area contributed by atoms with Gasteiger partial charge in [-0.1, -0.05) is 26.8 Å². The topological polar surface area (TPSA) is 62.3 Å². The molecule has 0 aromatic carbocycles. The van der Waals surface area contributed by atoms with Crippen molar-refractivity contribution in [1.29, 1.82) is 0 Å². The smallest absolute Gasteiger partial charge is 0.246 e. The Labute approximate surface area is 119 Å². The van der Waals surface area contributed by atoms with Gasteiger partial charge in [0.2, 0.25) is 11.8 Å². The number of piperazine rings is 1. The van der Waals surface area contributed by atoms with Crippen molar-refractivity contribution in [3.8, 4) is 0 Å². The van der Waals surface area contributed by atoms with Crippen LogP contribution >= 0.6 is 0 Å². The molecule has 108 valence electrons. The second-order valence-electron chi connectivity index (χ2n) is 6.43. The number of nitrogens with zero attached hydrogens (tertiary/aromatic N) is 2. The second-order valence-corrected chi connectivity index (χ2v) is 6.43. The first-order chi connectivity index (χ1) is 9.27. The van der Waals surface area contributed by atoms with Crippen molar-refractivity contribution in [3.63, 3.8) is 0 Å². The highest BCUT2D eigenvalue weighted by Crippen LogP contribution is 2.24. The molecule has 1 aliphatic rings. The predicted molar refractivity (Wildman–Crippen MR) is 75.8 cm³/mol. The molecule has 1 aliphatic heterocycles. The third-order valence-electron chi connectivity index (χ3n) is 3.37. The number of rotatable bonds is 2. The van der Waals surface area contributed by atoms with E-state index in [1.54, 1.807) is 17.3 Å². The standard InChI is InChI=1S/C15H21N3O2/c1-10-5-11(7-16-6-10)8-18-9-12(19)17-13(14(18)20)15(2,3)4/h5-7,13H,8-9H2,1-4H3,(H,17,19). The molecule has 0 spiro atoms. The van der Waals surface area contributed by atoms with E-state index in [9.17, 15) is 9.59 Å². The monoisotopic (exact) mass is 275 g/mol. The summed E-state index contributed by atoms with van der Waals surface area (Å²) in [5.41, 5.74) is 1.69. The van der Waals surface area contributed by atoms with Crippen LogP contribution < -0.4 is 5.32 Å². The average molecular weight is 275 g/mol. The molecule has 1 N–H and O–H groups in total. The first-order valence-electron chi connectivity index (χ1n) is 6.76. The maximum absolute atomic E-state index is 12.5. The van der Waals surface area contributed by atoms with Crippen molar-refractivity contribution in [2.24, 2.45) is 5.41 Å². The molecular formula is C15H21N3O2. The Morgan fingerprint density at radius 3 is 2.65 bits per heavy atom. The summed E-state index contributed by atoms with van der Waals surface area (Å²) in [5.74, 6) is -0.135. The Morgan fingerprint density at radius 1 is 1.35 bits per heavy atom. The number of aryl methyl sites for hydroxylation is 1. The Bertz CT molecular complexity index is 534. The largest absolute Gasteiger partial charge is 0.342 e. The molecule has 0 aliphatic carbocycles. The summed E-state index contributed by atoms with van der Waals surface area (Å²) in [7, 11) is 0. The zero-order valence-electron chi connectivity index (χ0n) is 12.4. The fraction of sp³-hybridized carbons (Fsp3) is 0.533. The van der Waals surface area contributed by atoms with Crippen molar-refractivity contribution >= 4 is 11.8 Å². The van der Waals surface area contributed by atoms with Gasteiger partial charge in [0.15, 0.2) is 0 Å². The minimum atomic E-state index is -0.471. The fourth-order valence-electron chi connectivity index (χ4n) is 2.35. The third kappa shape index (κ3) is 3.15. The number of aromatic nitrogens is 1. The van der Waals surface area contributed by atoms with Gasteiger partial charge in [-0.05, 0) is 23.5 Å². The first kappa shape index (κ1) is 14.5. The van der Waals surface area contributed by atoms with E-state index in [2.05, 4.69) is 10.3 Å². The molecule has 20 heavy (non-hydrogen) atoms. The normalized spacial score (nSPS) is 20.0. The van der Waals surface area contributed by atoms with E-state index >= 15 is 0 Å². The molecule has 1 saturated heterocycles. The molecule has 1 unspecified atom stereocenters. The van der Waals surface area contributed by atoms with E-state index < -0.39 is 6.04 Å². The molecule has 2 amide bonds. The number of carbonyl (C=O) groups excluding carboxylic acids is 2. The second kappa shape index (κ2) is 5.23. The molecule has 1 aromatic heterocycles. The summed E-state index contributed by atoms with van der Waals surface area (Å²) >= 11 is 0. The zero-order chi connectivity index (χ0) is 14.9. The van der Waals surface area contributed by atoms with Crippen LogP contribution in [-0.4, -0.2) is 34.3 Å². The molecular weight excluding hydrogens is 254 g/mol. The van der Waals surface area contributed by atoms with Crippen LogP contribution in [0, 0.1) is 12.3 Å². The minimum absolute atomic E-state index is 0.0291. The maximum atomic E-state index is 12.5. The quantitative estimate of drug-likeness (QED) is 0.884. The molecule has 5 nitrogen and oxygen atoms in total. The number of carbonyl (C=O) groups is 2. The van der Waals surface area contributed by atoms with Crippen LogP contribution in [0.15, 0.2) is 18.5 Å². The highest BCUT2D eigenvalue weighted by atomic mass is 16.2. The van der Waals surface area contributed by atoms with Crippen LogP contribution in [0.25, 0.3) is 0 Å².